The quantitative estimate of drug-likeness (QED) is 0.805. The van der Waals surface area contributed by atoms with Crippen LogP contribution in [0.3, 0.4) is 0 Å². The number of hydrogen-bond acceptors (Lipinski definition) is 3. The van der Waals surface area contributed by atoms with Gasteiger partial charge in [0.25, 0.3) is 5.91 Å². The molecule has 0 aliphatic carbocycles. The second-order valence-corrected chi connectivity index (χ2v) is 6.34. The van der Waals surface area contributed by atoms with E-state index in [1.54, 1.807) is 4.90 Å². The van der Waals surface area contributed by atoms with Crippen molar-refractivity contribution < 1.29 is 9.53 Å². The Morgan fingerprint density at radius 3 is 2.62 bits per heavy atom. The Labute approximate surface area is 146 Å². The van der Waals surface area contributed by atoms with Crippen molar-refractivity contribution >= 4 is 28.9 Å². The molecule has 0 bridgehead atoms. The maximum atomic E-state index is 13.1. The van der Waals surface area contributed by atoms with Crippen LogP contribution >= 0.6 is 12.2 Å². The topological polar surface area (TPSA) is 32.8 Å². The molecule has 0 N–H and O–H groups in total. The predicted molar refractivity (Wildman–Crippen MR) is 97.2 cm³/mol. The first-order chi connectivity index (χ1) is 11.7. The number of rotatable bonds is 3. The second-order valence-electron chi connectivity index (χ2n) is 5.97. The number of anilines is 1. The first kappa shape index (κ1) is 15.1. The number of benzene rings is 2. The van der Waals surface area contributed by atoms with E-state index in [4.69, 9.17) is 17.0 Å². The van der Waals surface area contributed by atoms with Gasteiger partial charge in [0.15, 0.2) is 5.11 Å². The highest BCUT2D eigenvalue weighted by atomic mass is 32.1. The maximum absolute atomic E-state index is 13.1. The molecule has 1 atom stereocenters. The van der Waals surface area contributed by atoms with Crippen molar-refractivity contribution in [1.29, 1.82) is 0 Å². The molecule has 2 aliphatic heterocycles. The fraction of sp³-hybridized carbons (Fsp3) is 0.263. The number of thiocarbonyl (C=S) groups is 1. The highest BCUT2D eigenvalue weighted by Gasteiger charge is 2.46. The van der Waals surface area contributed by atoms with Crippen LogP contribution in [0.25, 0.3) is 0 Å². The Kier molecular flexibility index (Phi) is 3.73. The molecule has 0 aromatic heterocycles. The number of carbonyl (C=O) groups is 1. The summed E-state index contributed by atoms with van der Waals surface area (Å²) in [6.45, 7) is 3.16. The van der Waals surface area contributed by atoms with Gasteiger partial charge in [-0.2, -0.15) is 0 Å². The Balaban J connectivity index is 1.72. The predicted octanol–water partition coefficient (Wildman–Crippen LogP) is 3.14. The molecule has 1 amide bonds. The molecular formula is C19H18N2O2S. The van der Waals surface area contributed by atoms with Crippen LogP contribution in [0.2, 0.25) is 0 Å². The number of carbonyl (C=O) groups excluding carboxylic acids is 1. The van der Waals surface area contributed by atoms with E-state index in [9.17, 15) is 4.79 Å². The van der Waals surface area contributed by atoms with Crippen LogP contribution in [-0.4, -0.2) is 28.6 Å². The first-order valence-corrected chi connectivity index (χ1v) is 8.54. The van der Waals surface area contributed by atoms with Crippen LogP contribution in [0.4, 0.5) is 5.69 Å². The summed E-state index contributed by atoms with van der Waals surface area (Å²) in [5.41, 5.74) is 3.20. The van der Waals surface area contributed by atoms with E-state index in [-0.39, 0.29) is 11.9 Å². The lowest BCUT2D eigenvalue weighted by molar-refractivity contribution is -0.120. The molecule has 2 aliphatic rings. The van der Waals surface area contributed by atoms with E-state index in [0.29, 0.717) is 30.4 Å². The van der Waals surface area contributed by atoms with Crippen LogP contribution < -0.4 is 9.64 Å². The molecule has 5 heteroatoms. The van der Waals surface area contributed by atoms with Gasteiger partial charge in [-0.3, -0.25) is 9.69 Å². The molecule has 0 unspecified atom stereocenters. The zero-order chi connectivity index (χ0) is 16.7. The number of hydrogen-bond donors (Lipinski definition) is 0. The van der Waals surface area contributed by atoms with E-state index in [1.807, 2.05) is 48.2 Å². The number of nitrogens with zero attached hydrogens (tertiary/aromatic N) is 2. The number of fused-ring (bicyclic) bond motifs is 2. The molecule has 2 aromatic rings. The van der Waals surface area contributed by atoms with E-state index < -0.39 is 0 Å². The minimum atomic E-state index is -0.220. The van der Waals surface area contributed by atoms with Gasteiger partial charge in [0, 0.05) is 13.0 Å². The second kappa shape index (κ2) is 5.91. The van der Waals surface area contributed by atoms with Crippen molar-refractivity contribution in [2.75, 3.05) is 11.5 Å². The van der Waals surface area contributed by atoms with Gasteiger partial charge in [-0.1, -0.05) is 36.4 Å². The van der Waals surface area contributed by atoms with Gasteiger partial charge >= 0.3 is 0 Å². The highest BCUT2D eigenvalue weighted by Crippen LogP contribution is 2.36. The summed E-state index contributed by atoms with van der Waals surface area (Å²) >= 11 is 5.65. The Hall–Kier alpha value is -2.40. The van der Waals surface area contributed by atoms with Gasteiger partial charge in [0.2, 0.25) is 0 Å². The van der Waals surface area contributed by atoms with Gasteiger partial charge in [-0.25, -0.2) is 0 Å². The third kappa shape index (κ3) is 2.27. The van der Waals surface area contributed by atoms with Crippen molar-refractivity contribution in [2.45, 2.75) is 25.9 Å². The minimum Gasteiger partial charge on any atom is -0.492 e. The van der Waals surface area contributed by atoms with Gasteiger partial charge in [0.05, 0.1) is 12.3 Å². The molecule has 24 heavy (non-hydrogen) atoms. The highest BCUT2D eigenvalue weighted by molar-refractivity contribution is 7.80. The van der Waals surface area contributed by atoms with Crippen molar-refractivity contribution in [3.63, 3.8) is 0 Å². The van der Waals surface area contributed by atoms with Crippen LogP contribution in [0.1, 0.15) is 18.1 Å². The van der Waals surface area contributed by atoms with E-state index in [2.05, 4.69) is 12.1 Å². The smallest absolute Gasteiger partial charge is 0.256 e. The molecule has 4 nitrogen and oxygen atoms in total. The van der Waals surface area contributed by atoms with E-state index in [1.165, 1.54) is 11.1 Å². The summed E-state index contributed by atoms with van der Waals surface area (Å²) in [6, 6.07) is 15.6. The summed E-state index contributed by atoms with van der Waals surface area (Å²) in [5.74, 6) is 0.717. The molecular weight excluding hydrogens is 320 g/mol. The lowest BCUT2D eigenvalue weighted by Crippen LogP contribution is -2.39. The van der Waals surface area contributed by atoms with Crippen LogP contribution in [0.5, 0.6) is 5.75 Å². The molecule has 0 spiro atoms. The van der Waals surface area contributed by atoms with Crippen LogP contribution in [-0.2, 0) is 17.8 Å². The first-order valence-electron chi connectivity index (χ1n) is 8.14. The van der Waals surface area contributed by atoms with E-state index >= 15 is 0 Å². The zero-order valence-corrected chi connectivity index (χ0v) is 14.3. The summed E-state index contributed by atoms with van der Waals surface area (Å²) in [6.07, 6.45) is 0.697. The number of ether oxygens (including phenoxy) is 1. The van der Waals surface area contributed by atoms with Crippen molar-refractivity contribution in [3.8, 4) is 5.75 Å². The van der Waals surface area contributed by atoms with E-state index in [0.717, 1.165) is 5.69 Å². The monoisotopic (exact) mass is 338 g/mol. The Bertz CT molecular complexity index is 778. The molecule has 122 valence electrons. The molecule has 2 aromatic carbocycles. The molecule has 1 fully saturated rings. The minimum absolute atomic E-state index is 0.0293. The fourth-order valence-corrected chi connectivity index (χ4v) is 3.84. The van der Waals surface area contributed by atoms with Crippen molar-refractivity contribution in [1.82, 2.24) is 4.90 Å². The fourth-order valence-electron chi connectivity index (χ4n) is 3.46. The molecule has 4 rings (SSSR count). The average molecular weight is 338 g/mol. The molecule has 1 saturated heterocycles. The third-order valence-electron chi connectivity index (χ3n) is 4.60. The maximum Gasteiger partial charge on any atom is 0.256 e. The van der Waals surface area contributed by atoms with Crippen molar-refractivity contribution in [2.24, 2.45) is 0 Å². The molecule has 0 radical (unpaired) electrons. The lowest BCUT2D eigenvalue weighted by atomic mass is 9.95. The van der Waals surface area contributed by atoms with Crippen LogP contribution in [0.15, 0.2) is 48.5 Å². The Morgan fingerprint density at radius 1 is 1.12 bits per heavy atom. The third-order valence-corrected chi connectivity index (χ3v) is 5.01. The number of amides is 1. The summed E-state index contributed by atoms with van der Waals surface area (Å²) < 4.78 is 5.69. The normalized spacial score (nSPS) is 19.3. The summed E-state index contributed by atoms with van der Waals surface area (Å²) in [5, 5.41) is 0.562. The standard InChI is InChI=1S/C19H18N2O2S/c1-2-23-17-10-6-5-9-15(17)21-18(22)16-11-13-7-3-4-8-14(13)12-20(16)19(21)24/h3-10,16H,2,11-12H2,1H3/t16-/m1/s1. The van der Waals surface area contributed by atoms with Crippen LogP contribution in [0, 0.1) is 0 Å². The lowest BCUT2D eigenvalue weighted by Gasteiger charge is -2.30. The van der Waals surface area contributed by atoms with Gasteiger partial charge in [-0.15, -0.1) is 0 Å². The average Bonchev–Trinajstić information content (AvgIpc) is 2.85. The Morgan fingerprint density at radius 2 is 1.83 bits per heavy atom. The van der Waals surface area contributed by atoms with Crippen molar-refractivity contribution in [3.05, 3.63) is 59.7 Å². The SMILES string of the molecule is CCOc1ccccc1N1C(=O)[C@H]2Cc3ccccc3CN2C1=S. The largest absolute Gasteiger partial charge is 0.492 e. The molecule has 0 saturated carbocycles. The van der Waals surface area contributed by atoms with Gasteiger partial charge in [0.1, 0.15) is 11.8 Å². The molecule has 2 heterocycles. The van der Waals surface area contributed by atoms with Gasteiger partial charge in [-0.05, 0) is 42.4 Å². The number of para-hydroxylation sites is 2. The summed E-state index contributed by atoms with van der Waals surface area (Å²) in [7, 11) is 0. The van der Waals surface area contributed by atoms with Gasteiger partial charge < -0.3 is 9.64 Å². The summed E-state index contributed by atoms with van der Waals surface area (Å²) in [4.78, 5) is 16.7. The zero-order valence-electron chi connectivity index (χ0n) is 13.4.